The Hall–Kier alpha value is -0.630. The number of rotatable bonds is 0. The third-order valence-corrected chi connectivity index (χ3v) is 2.59. The van der Waals surface area contributed by atoms with Crippen molar-refractivity contribution in [3.05, 3.63) is 27.1 Å². The van der Waals surface area contributed by atoms with E-state index in [2.05, 4.69) is 54.4 Å². The van der Waals surface area contributed by atoms with Crippen LogP contribution in [0.3, 0.4) is 0 Å². The van der Waals surface area contributed by atoms with E-state index in [9.17, 15) is 0 Å². The van der Waals surface area contributed by atoms with E-state index in [1.165, 1.54) is 0 Å². The maximum atomic E-state index is 8.91. The highest BCUT2D eigenvalue weighted by Crippen LogP contribution is 2.29. The van der Waals surface area contributed by atoms with Crippen LogP contribution in [-0.2, 0) is 5.41 Å². The van der Waals surface area contributed by atoms with Gasteiger partial charge in [-0.2, -0.15) is 5.26 Å². The number of pyridine rings is 1. The van der Waals surface area contributed by atoms with Crippen molar-refractivity contribution in [3.63, 3.8) is 0 Å². The van der Waals surface area contributed by atoms with Gasteiger partial charge >= 0.3 is 0 Å². The zero-order valence-corrected chi connectivity index (χ0v) is 10.1. The Kier molecular flexibility index (Phi) is 2.91. The second kappa shape index (κ2) is 3.62. The lowest BCUT2D eigenvalue weighted by Crippen LogP contribution is -2.15. The van der Waals surface area contributed by atoms with Gasteiger partial charge in [-0.1, -0.05) is 20.8 Å². The van der Waals surface area contributed by atoms with E-state index in [1.807, 2.05) is 0 Å². The molecule has 3 heteroatoms. The summed E-state index contributed by atoms with van der Waals surface area (Å²) in [5.74, 6) is 0. The number of halogens is 1. The van der Waals surface area contributed by atoms with Crippen LogP contribution in [0, 0.1) is 14.9 Å². The highest BCUT2D eigenvalue weighted by atomic mass is 127. The number of aromatic nitrogens is 1. The summed E-state index contributed by atoms with van der Waals surface area (Å²) in [6.45, 7) is 6.31. The Bertz CT molecular complexity index is 358. The first-order chi connectivity index (χ1) is 5.96. The molecule has 0 N–H and O–H groups in total. The molecule has 0 unspecified atom stereocenters. The quantitative estimate of drug-likeness (QED) is 0.688. The smallest absolute Gasteiger partial charge is 0.101 e. The molecule has 0 radical (unpaired) electrons. The lowest BCUT2D eigenvalue weighted by Gasteiger charge is -2.21. The van der Waals surface area contributed by atoms with Crippen LogP contribution in [0.15, 0.2) is 12.4 Å². The number of hydrogen-bond acceptors (Lipinski definition) is 2. The Balaban J connectivity index is 3.43. The van der Waals surface area contributed by atoms with Crippen LogP contribution in [0.5, 0.6) is 0 Å². The first-order valence-electron chi connectivity index (χ1n) is 4.01. The number of nitriles is 1. The SMILES string of the molecule is CC(C)(C)c1c(I)cncc1C#N. The van der Waals surface area contributed by atoms with Crippen LogP contribution < -0.4 is 0 Å². The summed E-state index contributed by atoms with van der Waals surface area (Å²) in [6, 6.07) is 2.18. The predicted molar refractivity (Wildman–Crippen MR) is 60.4 cm³/mol. The third kappa shape index (κ3) is 2.19. The Labute approximate surface area is 92.1 Å². The fourth-order valence-electron chi connectivity index (χ4n) is 1.28. The van der Waals surface area contributed by atoms with Gasteiger partial charge in [-0.15, -0.1) is 0 Å². The second-order valence-corrected chi connectivity index (χ2v) is 5.07. The van der Waals surface area contributed by atoms with E-state index >= 15 is 0 Å². The molecule has 0 spiro atoms. The fourth-order valence-corrected chi connectivity index (χ4v) is 2.54. The lowest BCUT2D eigenvalue weighted by molar-refractivity contribution is 0.584. The molecule has 0 atom stereocenters. The van der Waals surface area contributed by atoms with Crippen LogP contribution in [-0.4, -0.2) is 4.98 Å². The second-order valence-electron chi connectivity index (χ2n) is 3.91. The van der Waals surface area contributed by atoms with E-state index in [4.69, 9.17) is 5.26 Å². The molecule has 1 rings (SSSR count). The molecule has 1 heterocycles. The summed E-state index contributed by atoms with van der Waals surface area (Å²) in [7, 11) is 0. The summed E-state index contributed by atoms with van der Waals surface area (Å²) in [5.41, 5.74) is 1.77. The highest BCUT2D eigenvalue weighted by molar-refractivity contribution is 14.1. The van der Waals surface area contributed by atoms with Crippen molar-refractivity contribution in [2.24, 2.45) is 0 Å². The Morgan fingerprint density at radius 1 is 1.38 bits per heavy atom. The number of hydrogen-bond donors (Lipinski definition) is 0. The molecule has 0 amide bonds. The van der Waals surface area contributed by atoms with Gasteiger partial charge in [0.15, 0.2) is 0 Å². The van der Waals surface area contributed by atoms with Crippen LogP contribution >= 0.6 is 22.6 Å². The van der Waals surface area contributed by atoms with Gasteiger partial charge < -0.3 is 0 Å². The molecule has 13 heavy (non-hydrogen) atoms. The summed E-state index contributed by atoms with van der Waals surface area (Å²) in [6.07, 6.45) is 3.42. The summed E-state index contributed by atoms with van der Waals surface area (Å²) in [5, 5.41) is 8.91. The van der Waals surface area contributed by atoms with E-state index < -0.39 is 0 Å². The maximum absolute atomic E-state index is 8.91. The van der Waals surface area contributed by atoms with Gasteiger partial charge in [0, 0.05) is 16.0 Å². The van der Waals surface area contributed by atoms with Gasteiger partial charge in [-0.3, -0.25) is 4.98 Å². The van der Waals surface area contributed by atoms with Crippen molar-refractivity contribution in [3.8, 4) is 6.07 Å². The van der Waals surface area contributed by atoms with Crippen molar-refractivity contribution < 1.29 is 0 Å². The topological polar surface area (TPSA) is 36.7 Å². The van der Waals surface area contributed by atoms with Gasteiger partial charge in [-0.05, 0) is 33.6 Å². The molecule has 1 aromatic heterocycles. The van der Waals surface area contributed by atoms with E-state index in [1.54, 1.807) is 12.4 Å². The summed E-state index contributed by atoms with van der Waals surface area (Å²) in [4.78, 5) is 4.00. The Morgan fingerprint density at radius 3 is 2.38 bits per heavy atom. The molecule has 68 valence electrons. The minimum absolute atomic E-state index is 0.00449. The van der Waals surface area contributed by atoms with Crippen molar-refractivity contribution >= 4 is 22.6 Å². The van der Waals surface area contributed by atoms with Gasteiger partial charge in [0.2, 0.25) is 0 Å². The van der Waals surface area contributed by atoms with Gasteiger partial charge in [0.1, 0.15) is 6.07 Å². The summed E-state index contributed by atoms with van der Waals surface area (Å²) < 4.78 is 1.06. The Morgan fingerprint density at radius 2 is 2.00 bits per heavy atom. The monoisotopic (exact) mass is 286 g/mol. The van der Waals surface area contributed by atoms with Crippen molar-refractivity contribution in [1.29, 1.82) is 5.26 Å². The third-order valence-electron chi connectivity index (χ3n) is 1.77. The predicted octanol–water partition coefficient (Wildman–Crippen LogP) is 2.86. The van der Waals surface area contributed by atoms with Gasteiger partial charge in [0.05, 0.1) is 5.56 Å². The molecule has 0 fully saturated rings. The van der Waals surface area contributed by atoms with E-state index in [0.29, 0.717) is 5.56 Å². The average molecular weight is 286 g/mol. The van der Waals surface area contributed by atoms with E-state index in [-0.39, 0.29) is 5.41 Å². The summed E-state index contributed by atoms with van der Waals surface area (Å²) >= 11 is 2.22. The molecule has 0 aliphatic carbocycles. The molecule has 0 saturated heterocycles. The largest absolute Gasteiger partial charge is 0.262 e. The minimum Gasteiger partial charge on any atom is -0.262 e. The zero-order valence-electron chi connectivity index (χ0n) is 7.93. The lowest BCUT2D eigenvalue weighted by atomic mass is 9.85. The first kappa shape index (κ1) is 10.5. The molecule has 0 aliphatic heterocycles. The van der Waals surface area contributed by atoms with Crippen LogP contribution in [0.1, 0.15) is 31.9 Å². The molecule has 0 saturated carbocycles. The van der Waals surface area contributed by atoms with Crippen molar-refractivity contribution in [2.45, 2.75) is 26.2 Å². The van der Waals surface area contributed by atoms with Crippen molar-refractivity contribution in [2.75, 3.05) is 0 Å². The van der Waals surface area contributed by atoms with Gasteiger partial charge in [0.25, 0.3) is 0 Å². The van der Waals surface area contributed by atoms with Gasteiger partial charge in [-0.25, -0.2) is 0 Å². The van der Waals surface area contributed by atoms with Crippen LogP contribution in [0.4, 0.5) is 0 Å². The first-order valence-corrected chi connectivity index (χ1v) is 5.09. The van der Waals surface area contributed by atoms with E-state index in [0.717, 1.165) is 9.13 Å². The number of nitrogens with zero attached hydrogens (tertiary/aromatic N) is 2. The highest BCUT2D eigenvalue weighted by Gasteiger charge is 2.20. The normalized spacial score (nSPS) is 11.0. The minimum atomic E-state index is 0.00449. The standard InChI is InChI=1S/C10H11IN2/c1-10(2,3)9-7(4-12)5-13-6-8(9)11/h5-6H,1-3H3. The molecule has 0 bridgehead atoms. The molecule has 0 aliphatic rings. The van der Waals surface area contributed by atoms with Crippen LogP contribution in [0.2, 0.25) is 0 Å². The average Bonchev–Trinajstić information content (AvgIpc) is 2.01. The molecule has 1 aromatic rings. The molecular weight excluding hydrogens is 275 g/mol. The molecular formula is C10H11IN2. The molecule has 0 aromatic carbocycles. The van der Waals surface area contributed by atoms with Crippen molar-refractivity contribution in [1.82, 2.24) is 4.98 Å². The molecule has 2 nitrogen and oxygen atoms in total. The fraction of sp³-hybridized carbons (Fsp3) is 0.400. The zero-order chi connectivity index (χ0) is 10.1. The van der Waals surface area contributed by atoms with Crippen LogP contribution in [0.25, 0.3) is 0 Å². The maximum Gasteiger partial charge on any atom is 0.101 e.